The Bertz CT molecular complexity index is 1200. The van der Waals surface area contributed by atoms with Crippen LogP contribution in [-0.2, 0) is 11.3 Å². The molecule has 5 rings (SSSR count). The smallest absolute Gasteiger partial charge is 0.326 e. The van der Waals surface area contributed by atoms with Gasteiger partial charge in [0.05, 0.1) is 16.2 Å². The van der Waals surface area contributed by atoms with Crippen LogP contribution in [0.4, 0.5) is 10.8 Å². The Morgan fingerprint density at radius 3 is 2.72 bits per heavy atom. The molecule has 1 aliphatic carbocycles. The lowest BCUT2D eigenvalue weighted by Crippen LogP contribution is -2.21. The van der Waals surface area contributed by atoms with Gasteiger partial charge in [0.15, 0.2) is 11.5 Å². The normalized spacial score (nSPS) is 19.8. The fourth-order valence-corrected chi connectivity index (χ4v) is 5.02. The largest absolute Gasteiger partial charge is 0.481 e. The highest BCUT2D eigenvalue weighted by Gasteiger charge is 2.29. The topological polar surface area (TPSA) is 137 Å². The Kier molecular flexibility index (Phi) is 5.25. The Hall–Kier alpha value is -3.47. The third-order valence-electron chi connectivity index (χ3n) is 5.92. The zero-order chi connectivity index (χ0) is 22.2. The predicted molar refractivity (Wildman–Crippen MR) is 116 cm³/mol. The Balaban J connectivity index is 1.43. The number of hydrogen-bond donors (Lipinski definition) is 2. The highest BCUT2D eigenvalue weighted by atomic mass is 32.1. The van der Waals surface area contributed by atoms with E-state index in [1.807, 2.05) is 18.2 Å². The summed E-state index contributed by atoms with van der Waals surface area (Å²) in [4.78, 5) is 32.0. The molecule has 11 heteroatoms. The van der Waals surface area contributed by atoms with Crippen molar-refractivity contribution in [3.8, 4) is 11.5 Å². The summed E-state index contributed by atoms with van der Waals surface area (Å²) in [5.41, 5.74) is 0.953. The maximum Gasteiger partial charge on any atom is 0.326 e. The SMILES string of the molecule is O=C(O)C1CCC(c2nc(NCc3ccc4c(c3)OCO4)c3cc([N+](=O)[O-])sc3n2)CC1. The summed E-state index contributed by atoms with van der Waals surface area (Å²) >= 11 is 1.02. The van der Waals surface area contributed by atoms with Crippen LogP contribution in [0.25, 0.3) is 10.2 Å². The molecule has 0 atom stereocenters. The number of thiophene rings is 1. The van der Waals surface area contributed by atoms with Crippen molar-refractivity contribution < 1.29 is 24.3 Å². The lowest BCUT2D eigenvalue weighted by Gasteiger charge is -2.25. The van der Waals surface area contributed by atoms with Crippen LogP contribution in [-0.4, -0.2) is 32.8 Å². The van der Waals surface area contributed by atoms with Crippen molar-refractivity contribution in [1.82, 2.24) is 9.97 Å². The van der Waals surface area contributed by atoms with Crippen molar-refractivity contribution in [1.29, 1.82) is 0 Å². The van der Waals surface area contributed by atoms with Crippen LogP contribution in [0.3, 0.4) is 0 Å². The van der Waals surface area contributed by atoms with Gasteiger partial charge in [-0.3, -0.25) is 14.9 Å². The van der Waals surface area contributed by atoms with Gasteiger partial charge in [-0.2, -0.15) is 0 Å². The van der Waals surface area contributed by atoms with Gasteiger partial charge in [0.1, 0.15) is 16.5 Å². The minimum Gasteiger partial charge on any atom is -0.481 e. The van der Waals surface area contributed by atoms with E-state index in [9.17, 15) is 20.0 Å². The molecule has 1 aromatic carbocycles. The van der Waals surface area contributed by atoms with E-state index in [2.05, 4.69) is 10.3 Å². The maximum atomic E-state index is 11.3. The van der Waals surface area contributed by atoms with Gasteiger partial charge in [-0.25, -0.2) is 9.97 Å². The average Bonchev–Trinajstić information content (AvgIpc) is 3.44. The van der Waals surface area contributed by atoms with Gasteiger partial charge >= 0.3 is 11.0 Å². The van der Waals surface area contributed by atoms with E-state index < -0.39 is 10.9 Å². The lowest BCUT2D eigenvalue weighted by atomic mass is 9.81. The fourth-order valence-electron chi connectivity index (χ4n) is 4.17. The number of ether oxygens (including phenoxy) is 2. The van der Waals surface area contributed by atoms with Gasteiger partial charge in [0.25, 0.3) is 0 Å². The zero-order valence-electron chi connectivity index (χ0n) is 16.9. The number of aromatic nitrogens is 2. The molecule has 2 aromatic heterocycles. The number of carbonyl (C=O) groups is 1. The summed E-state index contributed by atoms with van der Waals surface area (Å²) in [5, 5.41) is 24.5. The van der Waals surface area contributed by atoms with Crippen molar-refractivity contribution in [2.45, 2.75) is 38.1 Å². The molecule has 1 fully saturated rings. The van der Waals surface area contributed by atoms with Gasteiger partial charge in [-0.1, -0.05) is 6.07 Å². The lowest BCUT2D eigenvalue weighted by molar-refractivity contribution is -0.380. The maximum absolute atomic E-state index is 11.3. The van der Waals surface area contributed by atoms with Crippen LogP contribution in [0.1, 0.15) is 43.0 Å². The number of aliphatic carboxylic acids is 1. The molecule has 166 valence electrons. The third kappa shape index (κ3) is 3.91. The molecule has 0 saturated heterocycles. The van der Waals surface area contributed by atoms with E-state index in [-0.39, 0.29) is 23.6 Å². The zero-order valence-corrected chi connectivity index (χ0v) is 17.8. The number of nitrogens with one attached hydrogen (secondary N) is 1. The monoisotopic (exact) mass is 456 g/mol. The van der Waals surface area contributed by atoms with Crippen LogP contribution in [0.5, 0.6) is 11.5 Å². The average molecular weight is 456 g/mol. The van der Waals surface area contributed by atoms with E-state index in [1.165, 1.54) is 6.07 Å². The molecule has 32 heavy (non-hydrogen) atoms. The number of benzene rings is 1. The first kappa shape index (κ1) is 20.4. The second-order valence-electron chi connectivity index (χ2n) is 7.92. The van der Waals surface area contributed by atoms with E-state index in [0.717, 1.165) is 16.9 Å². The molecule has 2 N–H and O–H groups in total. The minimum atomic E-state index is -0.764. The number of anilines is 1. The molecule has 0 bridgehead atoms. The van der Waals surface area contributed by atoms with Crippen molar-refractivity contribution >= 4 is 38.3 Å². The van der Waals surface area contributed by atoms with Crippen LogP contribution in [0, 0.1) is 16.0 Å². The first-order chi connectivity index (χ1) is 15.5. The molecule has 1 aliphatic heterocycles. The van der Waals surface area contributed by atoms with Gasteiger partial charge in [0, 0.05) is 18.5 Å². The molecular formula is C21H20N4O6S. The van der Waals surface area contributed by atoms with Crippen LogP contribution in [0.15, 0.2) is 24.3 Å². The third-order valence-corrected chi connectivity index (χ3v) is 6.90. The second kappa shape index (κ2) is 8.23. The van der Waals surface area contributed by atoms with E-state index in [0.29, 0.717) is 65.6 Å². The summed E-state index contributed by atoms with van der Waals surface area (Å²) in [5.74, 6) is 1.45. The van der Waals surface area contributed by atoms with Crippen LogP contribution in [0.2, 0.25) is 0 Å². The summed E-state index contributed by atoms with van der Waals surface area (Å²) < 4.78 is 10.8. The highest BCUT2D eigenvalue weighted by Crippen LogP contribution is 2.39. The predicted octanol–water partition coefficient (Wildman–Crippen LogP) is 4.30. The number of carboxylic acids is 1. The van der Waals surface area contributed by atoms with Crippen LogP contribution < -0.4 is 14.8 Å². The molecule has 3 aromatic rings. The van der Waals surface area contributed by atoms with E-state index >= 15 is 0 Å². The molecule has 0 radical (unpaired) electrons. The number of carboxylic acid groups (broad SMARTS) is 1. The molecule has 10 nitrogen and oxygen atoms in total. The van der Waals surface area contributed by atoms with Crippen molar-refractivity contribution in [2.24, 2.45) is 5.92 Å². The first-order valence-electron chi connectivity index (χ1n) is 10.3. The molecule has 0 unspecified atom stereocenters. The Labute approximate surface area is 186 Å². The molecule has 1 saturated carbocycles. The Morgan fingerprint density at radius 2 is 1.97 bits per heavy atom. The number of fused-ring (bicyclic) bond motifs is 2. The summed E-state index contributed by atoms with van der Waals surface area (Å²) in [6.45, 7) is 0.641. The van der Waals surface area contributed by atoms with E-state index in [4.69, 9.17) is 14.5 Å². The molecule has 0 spiro atoms. The van der Waals surface area contributed by atoms with Gasteiger partial charge in [-0.05, 0) is 54.7 Å². The number of rotatable bonds is 6. The molecule has 0 amide bonds. The van der Waals surface area contributed by atoms with E-state index in [1.54, 1.807) is 0 Å². The standard InChI is InChI=1S/C21H20N4O6S/c26-21(27)13-4-2-12(3-5-13)18-23-19(14-8-17(25(28)29)32-20(14)24-18)22-9-11-1-6-15-16(7-11)31-10-30-15/h1,6-8,12-13H,2-5,9-10H2,(H,26,27)(H,22,23,24). The van der Waals surface area contributed by atoms with Crippen molar-refractivity contribution in [3.05, 3.63) is 45.8 Å². The van der Waals surface area contributed by atoms with Crippen molar-refractivity contribution in [2.75, 3.05) is 12.1 Å². The van der Waals surface area contributed by atoms with Gasteiger partial charge in [0.2, 0.25) is 6.79 Å². The summed E-state index contributed by atoms with van der Waals surface area (Å²) in [6, 6.07) is 7.14. The quantitative estimate of drug-likeness (QED) is 0.411. The number of nitro groups is 1. The molecule has 2 aliphatic rings. The Morgan fingerprint density at radius 1 is 1.19 bits per heavy atom. The minimum absolute atomic E-state index is 0.00663. The number of hydrogen-bond acceptors (Lipinski definition) is 9. The van der Waals surface area contributed by atoms with Crippen LogP contribution >= 0.6 is 11.3 Å². The fraction of sp³-hybridized carbons (Fsp3) is 0.381. The summed E-state index contributed by atoms with van der Waals surface area (Å²) in [6.07, 6.45) is 2.51. The molecular weight excluding hydrogens is 436 g/mol. The second-order valence-corrected chi connectivity index (χ2v) is 8.93. The van der Waals surface area contributed by atoms with Gasteiger partial charge < -0.3 is 19.9 Å². The molecule has 3 heterocycles. The first-order valence-corrected chi connectivity index (χ1v) is 11.1. The highest BCUT2D eigenvalue weighted by molar-refractivity contribution is 7.21. The van der Waals surface area contributed by atoms with Crippen molar-refractivity contribution in [3.63, 3.8) is 0 Å². The number of nitrogens with zero attached hydrogens (tertiary/aromatic N) is 3. The van der Waals surface area contributed by atoms with Gasteiger partial charge in [-0.15, -0.1) is 0 Å². The summed E-state index contributed by atoms with van der Waals surface area (Å²) in [7, 11) is 0.